The number of fused-ring (bicyclic) bond motifs is 10. The van der Waals surface area contributed by atoms with Gasteiger partial charge in [0.05, 0.1) is 22.1 Å². The van der Waals surface area contributed by atoms with Crippen LogP contribution in [0.25, 0.3) is 105 Å². The van der Waals surface area contributed by atoms with E-state index >= 15 is 0 Å². The van der Waals surface area contributed by atoms with Crippen LogP contribution in [0.3, 0.4) is 0 Å². The van der Waals surface area contributed by atoms with Crippen molar-refractivity contribution in [1.82, 2.24) is 29.5 Å². The zero-order valence-corrected chi connectivity index (χ0v) is 29.5. The van der Waals surface area contributed by atoms with E-state index < -0.39 is 0 Å². The second-order valence-electron chi connectivity index (χ2n) is 13.7. The number of hydrogen-bond donors (Lipinski definition) is 0. The van der Waals surface area contributed by atoms with Crippen molar-refractivity contribution in [2.24, 2.45) is 0 Å². The Balaban J connectivity index is 1.16. The number of para-hydroxylation sites is 1. The minimum Gasteiger partial charge on any atom is -0.309 e. The summed E-state index contributed by atoms with van der Waals surface area (Å²) in [7, 11) is 0. The highest BCUT2D eigenvalue weighted by atomic mass is 15.0. The van der Waals surface area contributed by atoms with Crippen molar-refractivity contribution in [2.45, 2.75) is 0 Å². The van der Waals surface area contributed by atoms with Crippen LogP contribution in [0.15, 0.2) is 182 Å². The zero-order valence-electron chi connectivity index (χ0n) is 29.5. The van der Waals surface area contributed by atoms with E-state index in [-0.39, 0.29) is 0 Å². The van der Waals surface area contributed by atoms with Crippen molar-refractivity contribution >= 4 is 54.4 Å². The summed E-state index contributed by atoms with van der Waals surface area (Å²) in [6.45, 7) is 0. The molecule has 0 atom stereocenters. The highest BCUT2D eigenvalue weighted by molar-refractivity contribution is 6.32. The monoisotopic (exact) mass is 702 g/mol. The third-order valence-corrected chi connectivity index (χ3v) is 10.5. The number of benzene rings is 8. The van der Waals surface area contributed by atoms with Gasteiger partial charge in [0.15, 0.2) is 17.5 Å². The van der Waals surface area contributed by atoms with Gasteiger partial charge in [0.25, 0.3) is 0 Å². The molecule has 55 heavy (non-hydrogen) atoms. The molecule has 8 aromatic carbocycles. The van der Waals surface area contributed by atoms with Gasteiger partial charge in [-0.25, -0.2) is 15.0 Å². The molecule has 0 unspecified atom stereocenters. The van der Waals surface area contributed by atoms with Gasteiger partial charge in [0.2, 0.25) is 0 Å². The molecule has 6 heteroatoms. The fourth-order valence-electron chi connectivity index (χ4n) is 8.11. The molecule has 256 valence electrons. The van der Waals surface area contributed by atoms with E-state index in [0.29, 0.717) is 17.5 Å². The molecule has 0 spiro atoms. The molecule has 6 nitrogen and oxygen atoms in total. The van der Waals surface area contributed by atoms with Gasteiger partial charge >= 0.3 is 0 Å². The minimum absolute atomic E-state index is 0.621. The number of nitrogens with zero attached hydrogens (tertiary/aromatic N) is 6. The van der Waals surface area contributed by atoms with Crippen LogP contribution in [-0.2, 0) is 0 Å². The first-order valence-corrected chi connectivity index (χ1v) is 18.3. The second kappa shape index (κ2) is 12.5. The van der Waals surface area contributed by atoms with Crippen LogP contribution in [0, 0.1) is 0 Å². The van der Waals surface area contributed by atoms with Gasteiger partial charge in [-0.05, 0) is 34.7 Å². The SMILES string of the molecule is c1ccc(-c2nc(-c3ccccc3)nc(-c3ccccc3-c3cccc(-n4c5ccccc5c5ccc6c7nccnc7c7ccccc7c6c54)c3)n2)cc1. The van der Waals surface area contributed by atoms with Crippen LogP contribution in [0.1, 0.15) is 0 Å². The van der Waals surface area contributed by atoms with Crippen molar-refractivity contribution in [3.8, 4) is 51.0 Å². The zero-order chi connectivity index (χ0) is 36.3. The Morgan fingerprint density at radius 1 is 0.364 bits per heavy atom. The molecule has 0 N–H and O–H groups in total. The van der Waals surface area contributed by atoms with Crippen molar-refractivity contribution in [2.75, 3.05) is 0 Å². The first-order valence-electron chi connectivity index (χ1n) is 18.3. The van der Waals surface area contributed by atoms with E-state index in [1.165, 1.54) is 10.8 Å². The van der Waals surface area contributed by atoms with Crippen molar-refractivity contribution in [3.63, 3.8) is 0 Å². The molecular weight excluding hydrogens is 673 g/mol. The van der Waals surface area contributed by atoms with Crippen LogP contribution < -0.4 is 0 Å². The van der Waals surface area contributed by atoms with Crippen molar-refractivity contribution in [3.05, 3.63) is 182 Å². The fourth-order valence-corrected chi connectivity index (χ4v) is 8.11. The second-order valence-corrected chi connectivity index (χ2v) is 13.7. The third-order valence-electron chi connectivity index (χ3n) is 10.5. The Labute approximate surface area is 316 Å². The van der Waals surface area contributed by atoms with Gasteiger partial charge in [-0.1, -0.05) is 152 Å². The largest absolute Gasteiger partial charge is 0.309 e. The Hall–Kier alpha value is -7.57. The summed E-state index contributed by atoms with van der Waals surface area (Å²) >= 11 is 0. The Kier molecular flexibility index (Phi) is 7.07. The molecule has 0 bridgehead atoms. The van der Waals surface area contributed by atoms with E-state index in [1.807, 2.05) is 66.7 Å². The smallest absolute Gasteiger partial charge is 0.164 e. The summed E-state index contributed by atoms with van der Waals surface area (Å²) in [5, 5.41) is 6.87. The molecule has 0 radical (unpaired) electrons. The number of rotatable bonds is 5. The summed E-state index contributed by atoms with van der Waals surface area (Å²) in [5.74, 6) is 1.89. The molecule has 0 aliphatic heterocycles. The lowest BCUT2D eigenvalue weighted by atomic mass is 9.97. The molecule has 0 saturated carbocycles. The third kappa shape index (κ3) is 5.00. The van der Waals surface area contributed by atoms with E-state index in [0.717, 1.165) is 77.1 Å². The van der Waals surface area contributed by atoms with Gasteiger partial charge < -0.3 is 4.57 Å². The fraction of sp³-hybridized carbons (Fsp3) is 0. The molecule has 3 heterocycles. The topological polar surface area (TPSA) is 69.4 Å². The molecule has 0 fully saturated rings. The molecular formula is C49H30N6. The summed E-state index contributed by atoms with van der Waals surface area (Å²) in [4.78, 5) is 24.8. The molecule has 0 amide bonds. The standard InChI is InChI=1S/C49H30N6/c1-3-14-31(15-4-1)47-52-48(32-16-5-2-6-17-32)54-49(53-47)40-24-10-7-20-35(40)33-18-13-19-34(30-33)55-42-25-12-11-21-36(42)39-26-27-41-43(46(39)55)37-22-8-9-23-38(37)44-45(41)51-29-28-50-44/h1-30H. The van der Waals surface area contributed by atoms with Crippen LogP contribution in [0.4, 0.5) is 0 Å². The van der Waals surface area contributed by atoms with Gasteiger partial charge in [-0.15, -0.1) is 0 Å². The lowest BCUT2D eigenvalue weighted by Gasteiger charge is -2.15. The Bertz CT molecular complexity index is 3170. The van der Waals surface area contributed by atoms with Gasteiger partial charge in [-0.2, -0.15) is 0 Å². The van der Waals surface area contributed by atoms with Crippen LogP contribution in [-0.4, -0.2) is 29.5 Å². The first-order chi connectivity index (χ1) is 27.3. The molecule has 0 aliphatic rings. The Morgan fingerprint density at radius 2 is 0.909 bits per heavy atom. The highest BCUT2D eigenvalue weighted by Gasteiger charge is 2.21. The average molecular weight is 703 g/mol. The normalized spacial score (nSPS) is 11.6. The first kappa shape index (κ1) is 31.0. The van der Waals surface area contributed by atoms with E-state index in [2.05, 4.69) is 108 Å². The molecule has 0 saturated heterocycles. The highest BCUT2D eigenvalue weighted by Crippen LogP contribution is 2.43. The molecule has 0 aliphatic carbocycles. The summed E-state index contributed by atoms with van der Waals surface area (Å²) in [6, 6.07) is 59.1. The Morgan fingerprint density at radius 3 is 1.64 bits per heavy atom. The van der Waals surface area contributed by atoms with Gasteiger partial charge in [0, 0.05) is 61.7 Å². The maximum absolute atomic E-state index is 5.09. The van der Waals surface area contributed by atoms with Crippen molar-refractivity contribution < 1.29 is 0 Å². The summed E-state index contributed by atoms with van der Waals surface area (Å²) in [6.07, 6.45) is 3.57. The van der Waals surface area contributed by atoms with Gasteiger partial charge in [-0.3, -0.25) is 9.97 Å². The molecule has 11 aromatic rings. The maximum atomic E-state index is 5.09. The maximum Gasteiger partial charge on any atom is 0.164 e. The molecule has 3 aromatic heterocycles. The lowest BCUT2D eigenvalue weighted by Crippen LogP contribution is -2.01. The van der Waals surface area contributed by atoms with Crippen LogP contribution in [0.5, 0.6) is 0 Å². The minimum atomic E-state index is 0.621. The van der Waals surface area contributed by atoms with Crippen molar-refractivity contribution in [1.29, 1.82) is 0 Å². The lowest BCUT2D eigenvalue weighted by molar-refractivity contribution is 1.07. The van der Waals surface area contributed by atoms with Crippen LogP contribution >= 0.6 is 0 Å². The van der Waals surface area contributed by atoms with E-state index in [9.17, 15) is 0 Å². The van der Waals surface area contributed by atoms with Crippen LogP contribution in [0.2, 0.25) is 0 Å². The summed E-state index contributed by atoms with van der Waals surface area (Å²) in [5.41, 5.74) is 10.0. The van der Waals surface area contributed by atoms with Gasteiger partial charge in [0.1, 0.15) is 0 Å². The molecule has 11 rings (SSSR count). The predicted octanol–water partition coefficient (Wildman–Crippen LogP) is 11.9. The van der Waals surface area contributed by atoms with E-state index in [4.69, 9.17) is 24.9 Å². The average Bonchev–Trinajstić information content (AvgIpc) is 3.61. The van der Waals surface area contributed by atoms with E-state index in [1.54, 1.807) is 12.4 Å². The summed E-state index contributed by atoms with van der Waals surface area (Å²) < 4.78 is 2.41. The quantitative estimate of drug-likeness (QED) is 0.167. The predicted molar refractivity (Wildman–Crippen MR) is 224 cm³/mol. The number of aromatic nitrogens is 6. The number of hydrogen-bond acceptors (Lipinski definition) is 5.